The molecule has 6 heteroatoms. The Morgan fingerprint density at radius 2 is 1.76 bits per heavy atom. The van der Waals surface area contributed by atoms with E-state index in [1.165, 1.54) is 0 Å². The Kier molecular flexibility index (Phi) is 6.34. The first kappa shape index (κ1) is 17.4. The van der Waals surface area contributed by atoms with Crippen LogP contribution >= 0.6 is 11.8 Å². The zero-order chi connectivity index (χ0) is 17.3. The quantitative estimate of drug-likeness (QED) is 0.422. The third kappa shape index (κ3) is 5.53. The van der Waals surface area contributed by atoms with Crippen LogP contribution in [0.3, 0.4) is 0 Å². The highest BCUT2D eigenvalue weighted by Gasteiger charge is 2.08. The summed E-state index contributed by atoms with van der Waals surface area (Å²) in [5.41, 5.74) is 1.11. The molecule has 1 aromatic heterocycles. The lowest BCUT2D eigenvalue weighted by Gasteiger charge is -2.04. The molecule has 5 nitrogen and oxygen atoms in total. The van der Waals surface area contributed by atoms with E-state index in [2.05, 4.69) is 10.2 Å². The molecule has 130 valence electrons. The molecule has 0 saturated carbocycles. The minimum absolute atomic E-state index is 0.600. The fourth-order valence-corrected chi connectivity index (χ4v) is 2.90. The van der Waals surface area contributed by atoms with Crippen LogP contribution in [0.1, 0.15) is 17.9 Å². The van der Waals surface area contributed by atoms with Crippen LogP contribution in [0.4, 0.5) is 0 Å². The third-order valence-electron chi connectivity index (χ3n) is 3.49. The number of aromatic nitrogens is 2. The highest BCUT2D eigenvalue weighted by molar-refractivity contribution is 7.99. The van der Waals surface area contributed by atoms with E-state index >= 15 is 0 Å². The lowest BCUT2D eigenvalue weighted by atomic mass is 10.1. The Hall–Kier alpha value is -2.47. The Balaban J connectivity index is 1.39. The molecule has 3 aromatic rings. The number of ether oxygens (including phenoxy) is 2. The van der Waals surface area contributed by atoms with Crippen LogP contribution < -0.4 is 9.47 Å². The number of hydrogen-bond donors (Lipinski definition) is 0. The molecular formula is C19H20N2O3S. The van der Waals surface area contributed by atoms with E-state index in [0.29, 0.717) is 24.1 Å². The Morgan fingerprint density at radius 1 is 0.960 bits per heavy atom. The number of para-hydroxylation sites is 1. The fraction of sp³-hybridized carbons (Fsp3) is 0.263. The summed E-state index contributed by atoms with van der Waals surface area (Å²) in [7, 11) is 1.65. The number of methoxy groups -OCH3 is 1. The molecule has 0 fully saturated rings. The average Bonchev–Trinajstić information content (AvgIpc) is 3.10. The van der Waals surface area contributed by atoms with Gasteiger partial charge in [-0.25, -0.2) is 0 Å². The molecule has 0 bridgehead atoms. The van der Waals surface area contributed by atoms with E-state index in [-0.39, 0.29) is 0 Å². The number of rotatable bonds is 9. The van der Waals surface area contributed by atoms with Gasteiger partial charge in [0.25, 0.3) is 5.22 Å². The van der Waals surface area contributed by atoms with Crippen LogP contribution in [0, 0.1) is 0 Å². The molecule has 0 aliphatic heterocycles. The Labute approximate surface area is 151 Å². The van der Waals surface area contributed by atoms with Crippen LogP contribution in [-0.2, 0) is 6.42 Å². The molecule has 0 amide bonds. The maximum absolute atomic E-state index is 5.68. The first-order chi connectivity index (χ1) is 12.3. The van der Waals surface area contributed by atoms with Crippen molar-refractivity contribution >= 4 is 11.8 Å². The van der Waals surface area contributed by atoms with Crippen molar-refractivity contribution in [3.05, 3.63) is 66.1 Å². The van der Waals surface area contributed by atoms with Crippen LogP contribution in [-0.4, -0.2) is 29.7 Å². The van der Waals surface area contributed by atoms with Gasteiger partial charge in [0.1, 0.15) is 11.5 Å². The minimum Gasteiger partial charge on any atom is -0.497 e. The zero-order valence-corrected chi connectivity index (χ0v) is 14.9. The summed E-state index contributed by atoms with van der Waals surface area (Å²) in [6.45, 7) is 0.670. The average molecular weight is 356 g/mol. The van der Waals surface area contributed by atoms with Crippen molar-refractivity contribution in [2.24, 2.45) is 0 Å². The summed E-state index contributed by atoms with van der Waals surface area (Å²) in [6.07, 6.45) is 1.53. The summed E-state index contributed by atoms with van der Waals surface area (Å²) in [5.74, 6) is 3.22. The molecule has 0 aliphatic carbocycles. The van der Waals surface area contributed by atoms with E-state index in [1.54, 1.807) is 18.9 Å². The molecule has 0 spiro atoms. The molecule has 0 atom stereocenters. The predicted octanol–water partition coefficient (Wildman–Crippen LogP) is 4.23. The zero-order valence-electron chi connectivity index (χ0n) is 14.1. The first-order valence-corrected chi connectivity index (χ1v) is 9.08. The fourth-order valence-electron chi connectivity index (χ4n) is 2.21. The number of hydrogen-bond acceptors (Lipinski definition) is 6. The monoisotopic (exact) mass is 356 g/mol. The van der Waals surface area contributed by atoms with Crippen molar-refractivity contribution in [2.75, 3.05) is 19.5 Å². The van der Waals surface area contributed by atoms with Gasteiger partial charge in [-0.1, -0.05) is 42.1 Å². The van der Waals surface area contributed by atoms with Crippen molar-refractivity contribution in [2.45, 2.75) is 18.1 Å². The van der Waals surface area contributed by atoms with Gasteiger partial charge in [-0.2, -0.15) is 0 Å². The molecular weight excluding hydrogens is 336 g/mol. The second-order valence-corrected chi connectivity index (χ2v) is 6.40. The topological polar surface area (TPSA) is 57.4 Å². The maximum atomic E-state index is 5.68. The van der Waals surface area contributed by atoms with Gasteiger partial charge in [0, 0.05) is 5.75 Å². The van der Waals surface area contributed by atoms with Gasteiger partial charge in [-0.3, -0.25) is 0 Å². The van der Waals surface area contributed by atoms with Crippen molar-refractivity contribution in [3.8, 4) is 11.5 Å². The van der Waals surface area contributed by atoms with Crippen LogP contribution in [0.5, 0.6) is 11.5 Å². The standard InChI is InChI=1S/C19H20N2O3S/c1-22-16-10-8-15(9-11-16)14-18-20-21-19(24-18)25-13-5-12-23-17-6-3-2-4-7-17/h2-4,6-11H,5,12-14H2,1H3. The molecule has 0 unspecified atom stereocenters. The third-order valence-corrected chi connectivity index (χ3v) is 4.39. The lowest BCUT2D eigenvalue weighted by Crippen LogP contribution is -1.98. The molecule has 0 radical (unpaired) electrons. The van der Waals surface area contributed by atoms with E-state index in [4.69, 9.17) is 13.9 Å². The van der Waals surface area contributed by atoms with E-state index in [9.17, 15) is 0 Å². The molecule has 0 N–H and O–H groups in total. The Morgan fingerprint density at radius 3 is 2.52 bits per heavy atom. The summed E-state index contributed by atoms with van der Waals surface area (Å²) in [4.78, 5) is 0. The van der Waals surface area contributed by atoms with Gasteiger partial charge in [0.15, 0.2) is 0 Å². The second-order valence-electron chi connectivity index (χ2n) is 5.35. The number of nitrogens with zero attached hydrogens (tertiary/aromatic N) is 2. The minimum atomic E-state index is 0.600. The van der Waals surface area contributed by atoms with Crippen LogP contribution in [0.15, 0.2) is 64.2 Å². The molecule has 1 heterocycles. The molecule has 3 rings (SSSR count). The van der Waals surface area contributed by atoms with Gasteiger partial charge >= 0.3 is 0 Å². The van der Waals surface area contributed by atoms with Crippen molar-refractivity contribution in [1.82, 2.24) is 10.2 Å². The normalized spacial score (nSPS) is 10.6. The van der Waals surface area contributed by atoms with Crippen molar-refractivity contribution in [3.63, 3.8) is 0 Å². The van der Waals surface area contributed by atoms with Gasteiger partial charge in [0.05, 0.1) is 20.1 Å². The van der Waals surface area contributed by atoms with Gasteiger partial charge in [-0.15, -0.1) is 10.2 Å². The lowest BCUT2D eigenvalue weighted by molar-refractivity contribution is 0.318. The number of thioether (sulfide) groups is 1. The second kappa shape index (κ2) is 9.13. The van der Waals surface area contributed by atoms with Gasteiger partial charge < -0.3 is 13.9 Å². The van der Waals surface area contributed by atoms with Crippen molar-refractivity contribution < 1.29 is 13.9 Å². The van der Waals surface area contributed by atoms with Crippen molar-refractivity contribution in [1.29, 1.82) is 0 Å². The van der Waals surface area contributed by atoms with E-state index in [0.717, 1.165) is 29.2 Å². The molecule has 0 saturated heterocycles. The largest absolute Gasteiger partial charge is 0.497 e. The van der Waals surface area contributed by atoms with Gasteiger partial charge in [0.2, 0.25) is 5.89 Å². The highest BCUT2D eigenvalue weighted by Crippen LogP contribution is 2.20. The predicted molar refractivity (Wildman–Crippen MR) is 97.4 cm³/mol. The van der Waals surface area contributed by atoms with Gasteiger partial charge in [-0.05, 0) is 36.2 Å². The van der Waals surface area contributed by atoms with E-state index < -0.39 is 0 Å². The van der Waals surface area contributed by atoms with E-state index in [1.807, 2.05) is 54.6 Å². The molecule has 2 aromatic carbocycles. The number of benzene rings is 2. The maximum Gasteiger partial charge on any atom is 0.276 e. The summed E-state index contributed by atoms with van der Waals surface area (Å²) < 4.78 is 16.5. The SMILES string of the molecule is COc1ccc(Cc2nnc(SCCCOc3ccccc3)o2)cc1. The summed E-state index contributed by atoms with van der Waals surface area (Å²) >= 11 is 1.55. The van der Waals surface area contributed by atoms with Crippen LogP contribution in [0.2, 0.25) is 0 Å². The first-order valence-electron chi connectivity index (χ1n) is 8.09. The highest BCUT2D eigenvalue weighted by atomic mass is 32.2. The summed E-state index contributed by atoms with van der Waals surface area (Å²) in [5, 5.41) is 8.78. The molecule has 0 aliphatic rings. The molecule has 25 heavy (non-hydrogen) atoms. The smallest absolute Gasteiger partial charge is 0.276 e. The van der Waals surface area contributed by atoms with Crippen LogP contribution in [0.25, 0.3) is 0 Å². The summed E-state index contributed by atoms with van der Waals surface area (Å²) in [6, 6.07) is 17.7. The Bertz CT molecular complexity index is 760.